The summed E-state index contributed by atoms with van der Waals surface area (Å²) in [5, 5.41) is 12.5. The topological polar surface area (TPSA) is 58.6 Å². The average Bonchev–Trinajstić information content (AvgIpc) is 3.27. The highest BCUT2D eigenvalue weighted by molar-refractivity contribution is 5.94. The fraction of sp³-hybridized carbons (Fsp3) is 0.562. The van der Waals surface area contributed by atoms with E-state index in [9.17, 15) is 9.90 Å². The number of nitrogens with one attached hydrogen (secondary N) is 1. The van der Waals surface area contributed by atoms with Gasteiger partial charge in [-0.05, 0) is 50.3 Å². The molecule has 0 bridgehead atoms. The monoisotopic (exact) mass is 277 g/mol. The van der Waals surface area contributed by atoms with E-state index in [4.69, 9.17) is 4.74 Å². The Morgan fingerprint density at radius 2 is 2.00 bits per heavy atom. The van der Waals surface area contributed by atoms with Crippen molar-refractivity contribution in [2.24, 2.45) is 5.92 Å². The molecule has 0 spiro atoms. The molecule has 1 saturated carbocycles. The van der Waals surface area contributed by atoms with Gasteiger partial charge in [0.2, 0.25) is 0 Å². The summed E-state index contributed by atoms with van der Waals surface area (Å²) < 4.78 is 5.51. The van der Waals surface area contributed by atoms with Crippen molar-refractivity contribution in [1.29, 1.82) is 0 Å². The summed E-state index contributed by atoms with van der Waals surface area (Å²) >= 11 is 0. The van der Waals surface area contributed by atoms with Crippen molar-refractivity contribution in [3.05, 3.63) is 35.4 Å². The maximum atomic E-state index is 11.9. The van der Waals surface area contributed by atoms with E-state index in [1.807, 2.05) is 26.0 Å². The molecule has 0 heterocycles. The number of benzene rings is 1. The SMILES string of the molecule is CC(C)OCc1ccc(C(=O)NCC(O)C2CC2)cc1. The molecular weight excluding hydrogens is 254 g/mol. The quantitative estimate of drug-likeness (QED) is 0.802. The molecule has 4 nitrogen and oxygen atoms in total. The Bertz CT molecular complexity index is 438. The first-order valence-electron chi connectivity index (χ1n) is 7.23. The minimum Gasteiger partial charge on any atom is -0.391 e. The molecule has 110 valence electrons. The molecule has 0 saturated heterocycles. The molecule has 4 heteroatoms. The summed E-state index contributed by atoms with van der Waals surface area (Å²) in [7, 11) is 0. The lowest BCUT2D eigenvalue weighted by Gasteiger charge is -2.11. The van der Waals surface area contributed by atoms with Gasteiger partial charge in [0.25, 0.3) is 5.91 Å². The largest absolute Gasteiger partial charge is 0.391 e. The zero-order valence-electron chi connectivity index (χ0n) is 12.1. The van der Waals surface area contributed by atoms with Gasteiger partial charge in [-0.2, -0.15) is 0 Å². The molecule has 0 radical (unpaired) electrons. The lowest BCUT2D eigenvalue weighted by molar-refractivity contribution is 0.0656. The standard InChI is InChI=1S/C16H23NO3/c1-11(2)20-10-12-3-5-14(6-4-12)16(19)17-9-15(18)13-7-8-13/h3-6,11,13,15,18H,7-10H2,1-2H3,(H,17,19). The number of carbonyl (C=O) groups excluding carboxylic acids is 1. The molecule has 1 fully saturated rings. The van der Waals surface area contributed by atoms with Crippen molar-refractivity contribution in [1.82, 2.24) is 5.32 Å². The molecule has 1 aromatic rings. The van der Waals surface area contributed by atoms with Crippen molar-refractivity contribution in [2.75, 3.05) is 6.54 Å². The van der Waals surface area contributed by atoms with Gasteiger partial charge in [-0.25, -0.2) is 0 Å². The first-order valence-corrected chi connectivity index (χ1v) is 7.23. The van der Waals surface area contributed by atoms with E-state index in [0.29, 0.717) is 24.6 Å². The highest BCUT2D eigenvalue weighted by Gasteiger charge is 2.29. The van der Waals surface area contributed by atoms with Gasteiger partial charge in [-0.15, -0.1) is 0 Å². The molecule has 1 aromatic carbocycles. The van der Waals surface area contributed by atoms with Crippen LogP contribution >= 0.6 is 0 Å². The van der Waals surface area contributed by atoms with Gasteiger partial charge in [-0.3, -0.25) is 4.79 Å². The van der Waals surface area contributed by atoms with Crippen molar-refractivity contribution in [3.8, 4) is 0 Å². The zero-order valence-corrected chi connectivity index (χ0v) is 12.1. The molecular formula is C16H23NO3. The van der Waals surface area contributed by atoms with E-state index in [0.717, 1.165) is 18.4 Å². The van der Waals surface area contributed by atoms with Crippen LogP contribution in [0.3, 0.4) is 0 Å². The maximum absolute atomic E-state index is 11.9. The predicted molar refractivity (Wildman–Crippen MR) is 77.4 cm³/mol. The van der Waals surface area contributed by atoms with Crippen LogP contribution in [0.25, 0.3) is 0 Å². The third-order valence-electron chi connectivity index (χ3n) is 3.44. The fourth-order valence-electron chi connectivity index (χ4n) is 1.96. The number of rotatable bonds is 7. The molecule has 1 aliphatic carbocycles. The molecule has 1 aliphatic rings. The molecule has 1 atom stereocenters. The molecule has 2 rings (SSSR count). The number of aliphatic hydroxyl groups excluding tert-OH is 1. The number of aliphatic hydroxyl groups is 1. The van der Waals surface area contributed by atoms with E-state index < -0.39 is 6.10 Å². The average molecular weight is 277 g/mol. The van der Waals surface area contributed by atoms with Crippen LogP contribution in [0.5, 0.6) is 0 Å². The normalized spacial score (nSPS) is 16.2. The second-order valence-electron chi connectivity index (χ2n) is 5.67. The van der Waals surface area contributed by atoms with Crippen LogP contribution in [0.4, 0.5) is 0 Å². The van der Waals surface area contributed by atoms with Crippen LogP contribution in [-0.2, 0) is 11.3 Å². The Morgan fingerprint density at radius 1 is 1.35 bits per heavy atom. The summed E-state index contributed by atoms with van der Waals surface area (Å²) in [5.74, 6) is 0.242. The molecule has 0 aliphatic heterocycles. The van der Waals surface area contributed by atoms with Crippen molar-refractivity contribution < 1.29 is 14.6 Å². The van der Waals surface area contributed by atoms with Crippen LogP contribution in [0.2, 0.25) is 0 Å². The van der Waals surface area contributed by atoms with Crippen molar-refractivity contribution in [3.63, 3.8) is 0 Å². The Hall–Kier alpha value is -1.39. The van der Waals surface area contributed by atoms with E-state index in [1.54, 1.807) is 12.1 Å². The van der Waals surface area contributed by atoms with E-state index >= 15 is 0 Å². The van der Waals surface area contributed by atoms with Crippen molar-refractivity contribution in [2.45, 2.75) is 45.5 Å². The summed E-state index contributed by atoms with van der Waals surface area (Å²) in [6.45, 7) is 4.88. The lowest BCUT2D eigenvalue weighted by atomic mass is 10.1. The van der Waals surface area contributed by atoms with Crippen LogP contribution in [0.1, 0.15) is 42.6 Å². The number of amides is 1. The Balaban J connectivity index is 1.80. The second-order valence-corrected chi connectivity index (χ2v) is 5.67. The number of hydrogen-bond donors (Lipinski definition) is 2. The molecule has 1 amide bonds. The molecule has 0 aromatic heterocycles. The Kier molecular flexibility index (Phi) is 5.15. The highest BCUT2D eigenvalue weighted by Crippen LogP contribution is 2.32. The summed E-state index contributed by atoms with van der Waals surface area (Å²) in [6, 6.07) is 7.37. The van der Waals surface area contributed by atoms with Gasteiger partial charge in [0.1, 0.15) is 0 Å². The van der Waals surface area contributed by atoms with Crippen molar-refractivity contribution >= 4 is 5.91 Å². The predicted octanol–water partition coefficient (Wildman–Crippen LogP) is 2.11. The number of ether oxygens (including phenoxy) is 1. The van der Waals surface area contributed by atoms with Crippen LogP contribution < -0.4 is 5.32 Å². The van der Waals surface area contributed by atoms with E-state index in [1.165, 1.54) is 0 Å². The lowest BCUT2D eigenvalue weighted by Crippen LogP contribution is -2.33. The minimum absolute atomic E-state index is 0.138. The van der Waals surface area contributed by atoms with E-state index in [2.05, 4.69) is 5.32 Å². The zero-order chi connectivity index (χ0) is 14.5. The van der Waals surface area contributed by atoms with Gasteiger partial charge >= 0.3 is 0 Å². The number of carbonyl (C=O) groups is 1. The van der Waals surface area contributed by atoms with Crippen LogP contribution in [0.15, 0.2) is 24.3 Å². The molecule has 20 heavy (non-hydrogen) atoms. The summed E-state index contributed by atoms with van der Waals surface area (Å²) in [5.41, 5.74) is 1.66. The molecule has 2 N–H and O–H groups in total. The molecule has 1 unspecified atom stereocenters. The van der Waals surface area contributed by atoms with Gasteiger partial charge in [0.05, 0.1) is 18.8 Å². The van der Waals surface area contributed by atoms with Gasteiger partial charge < -0.3 is 15.2 Å². The smallest absolute Gasteiger partial charge is 0.251 e. The highest BCUT2D eigenvalue weighted by atomic mass is 16.5. The number of hydrogen-bond acceptors (Lipinski definition) is 3. The first kappa shape index (κ1) is 15.0. The Morgan fingerprint density at radius 3 is 2.55 bits per heavy atom. The summed E-state index contributed by atoms with van der Waals surface area (Å²) in [4.78, 5) is 11.9. The second kappa shape index (κ2) is 6.86. The van der Waals surface area contributed by atoms with Gasteiger partial charge in [0, 0.05) is 12.1 Å². The van der Waals surface area contributed by atoms with E-state index in [-0.39, 0.29) is 12.0 Å². The van der Waals surface area contributed by atoms with Crippen LogP contribution in [-0.4, -0.2) is 29.8 Å². The minimum atomic E-state index is -0.405. The maximum Gasteiger partial charge on any atom is 0.251 e. The fourth-order valence-corrected chi connectivity index (χ4v) is 1.96. The van der Waals surface area contributed by atoms with Crippen LogP contribution in [0, 0.1) is 5.92 Å². The Labute approximate surface area is 120 Å². The first-order chi connectivity index (χ1) is 9.56. The third kappa shape index (κ3) is 4.62. The van der Waals surface area contributed by atoms with Gasteiger partial charge in [0.15, 0.2) is 0 Å². The third-order valence-corrected chi connectivity index (χ3v) is 3.44. The van der Waals surface area contributed by atoms with Gasteiger partial charge in [-0.1, -0.05) is 12.1 Å². The summed E-state index contributed by atoms with van der Waals surface area (Å²) in [6.07, 6.45) is 1.93.